The highest BCUT2D eigenvalue weighted by molar-refractivity contribution is 5.92. The van der Waals surface area contributed by atoms with Gasteiger partial charge in [0.05, 0.1) is 6.61 Å². The fraction of sp³-hybridized carbons (Fsp3) is 0.273. The van der Waals surface area contributed by atoms with Gasteiger partial charge in [-0.1, -0.05) is 12.1 Å². The van der Waals surface area contributed by atoms with Crippen LogP contribution in [0.3, 0.4) is 0 Å². The van der Waals surface area contributed by atoms with E-state index in [-0.39, 0.29) is 17.9 Å². The number of rotatable bonds is 5. The summed E-state index contributed by atoms with van der Waals surface area (Å²) < 4.78 is 9.77. The Hall–Kier alpha value is -2.04. The van der Waals surface area contributed by atoms with Crippen LogP contribution in [0, 0.1) is 0 Å². The Balaban J connectivity index is 2.82. The molecular weight excluding hydrogens is 212 g/mol. The third-order valence-corrected chi connectivity index (χ3v) is 1.73. The number of ether oxygens (including phenoxy) is 2. The predicted octanol–water partition coefficient (Wildman–Crippen LogP) is 1.33. The van der Waals surface area contributed by atoms with Crippen molar-refractivity contribution in [3.05, 3.63) is 29.8 Å². The largest absolute Gasteiger partial charge is 0.481 e. The molecule has 0 atom stereocenters. The summed E-state index contributed by atoms with van der Waals surface area (Å²) in [6.45, 7) is 1.46. The second kappa shape index (κ2) is 5.75. The molecule has 86 valence electrons. The number of carboxylic acid groups (broad SMARTS) is 1. The van der Waals surface area contributed by atoms with Crippen LogP contribution in [0.4, 0.5) is 0 Å². The second-order valence-corrected chi connectivity index (χ2v) is 2.90. The molecule has 0 unspecified atom stereocenters. The van der Waals surface area contributed by atoms with Crippen molar-refractivity contribution < 1.29 is 24.2 Å². The van der Waals surface area contributed by atoms with Gasteiger partial charge in [-0.25, -0.2) is 9.59 Å². The quantitative estimate of drug-likeness (QED) is 0.764. The molecule has 0 saturated carbocycles. The summed E-state index contributed by atoms with van der Waals surface area (Å²) in [6, 6.07) is 6.35. The summed E-state index contributed by atoms with van der Waals surface area (Å²) in [5.41, 5.74) is 0.227. The highest BCUT2D eigenvalue weighted by atomic mass is 16.5. The van der Waals surface area contributed by atoms with E-state index >= 15 is 0 Å². The van der Waals surface area contributed by atoms with Crippen molar-refractivity contribution in [3.8, 4) is 5.75 Å². The normalized spacial score (nSPS) is 9.56. The first-order valence-electron chi connectivity index (χ1n) is 4.76. The van der Waals surface area contributed by atoms with E-state index in [1.165, 1.54) is 12.1 Å². The van der Waals surface area contributed by atoms with E-state index in [2.05, 4.69) is 0 Å². The fourth-order valence-corrected chi connectivity index (χ4v) is 1.11. The van der Waals surface area contributed by atoms with Crippen LogP contribution >= 0.6 is 0 Å². The highest BCUT2D eigenvalue weighted by Crippen LogP contribution is 2.18. The third-order valence-electron chi connectivity index (χ3n) is 1.73. The number of aliphatic carboxylic acids is 1. The molecule has 0 fully saturated rings. The molecule has 0 heterocycles. The van der Waals surface area contributed by atoms with E-state index < -0.39 is 18.5 Å². The van der Waals surface area contributed by atoms with Crippen LogP contribution in [0.15, 0.2) is 24.3 Å². The number of para-hydroxylation sites is 1. The Kier molecular flexibility index (Phi) is 4.32. The molecule has 0 amide bonds. The van der Waals surface area contributed by atoms with Crippen molar-refractivity contribution in [2.45, 2.75) is 6.92 Å². The van der Waals surface area contributed by atoms with Gasteiger partial charge in [0.2, 0.25) is 0 Å². The van der Waals surface area contributed by atoms with Crippen LogP contribution in [0.2, 0.25) is 0 Å². The molecule has 0 bridgehead atoms. The average molecular weight is 224 g/mol. The number of carbonyl (C=O) groups is 2. The molecule has 0 aliphatic rings. The molecule has 1 N–H and O–H groups in total. The smallest absolute Gasteiger partial charge is 0.341 e. The van der Waals surface area contributed by atoms with Gasteiger partial charge < -0.3 is 14.6 Å². The monoisotopic (exact) mass is 224 g/mol. The SMILES string of the molecule is CCOC(=O)c1ccccc1OCC(=O)O. The van der Waals surface area contributed by atoms with Crippen LogP contribution in [-0.4, -0.2) is 30.3 Å². The first kappa shape index (κ1) is 12.0. The molecule has 16 heavy (non-hydrogen) atoms. The molecule has 0 aliphatic carbocycles. The summed E-state index contributed by atoms with van der Waals surface area (Å²) in [5, 5.41) is 8.47. The molecule has 1 aromatic rings. The number of benzene rings is 1. The number of hydrogen-bond acceptors (Lipinski definition) is 4. The lowest BCUT2D eigenvalue weighted by Gasteiger charge is -2.08. The maximum absolute atomic E-state index is 11.5. The van der Waals surface area contributed by atoms with Crippen LogP contribution in [-0.2, 0) is 9.53 Å². The predicted molar refractivity (Wildman–Crippen MR) is 55.5 cm³/mol. The van der Waals surface area contributed by atoms with Gasteiger partial charge in [-0.2, -0.15) is 0 Å². The molecule has 5 heteroatoms. The van der Waals surface area contributed by atoms with Gasteiger partial charge in [-0.3, -0.25) is 0 Å². The van der Waals surface area contributed by atoms with Crippen molar-refractivity contribution in [1.29, 1.82) is 0 Å². The maximum Gasteiger partial charge on any atom is 0.341 e. The van der Waals surface area contributed by atoms with E-state index in [9.17, 15) is 9.59 Å². The van der Waals surface area contributed by atoms with E-state index in [0.29, 0.717) is 0 Å². The number of hydrogen-bond donors (Lipinski definition) is 1. The van der Waals surface area contributed by atoms with Crippen molar-refractivity contribution in [2.24, 2.45) is 0 Å². The van der Waals surface area contributed by atoms with Crippen molar-refractivity contribution in [1.82, 2.24) is 0 Å². The Labute approximate surface area is 92.6 Å². The highest BCUT2D eigenvalue weighted by Gasteiger charge is 2.13. The third kappa shape index (κ3) is 3.27. The summed E-state index contributed by atoms with van der Waals surface area (Å²) in [7, 11) is 0. The van der Waals surface area contributed by atoms with E-state index in [4.69, 9.17) is 14.6 Å². The molecule has 1 rings (SSSR count). The van der Waals surface area contributed by atoms with Crippen molar-refractivity contribution in [2.75, 3.05) is 13.2 Å². The summed E-state index contributed by atoms with van der Waals surface area (Å²) >= 11 is 0. The summed E-state index contributed by atoms with van der Waals surface area (Å²) in [5.74, 6) is -1.41. The average Bonchev–Trinajstić information content (AvgIpc) is 2.27. The molecule has 1 aromatic carbocycles. The molecule has 0 spiro atoms. The van der Waals surface area contributed by atoms with Crippen LogP contribution < -0.4 is 4.74 Å². The van der Waals surface area contributed by atoms with Crippen molar-refractivity contribution in [3.63, 3.8) is 0 Å². The Morgan fingerprint density at radius 1 is 1.31 bits per heavy atom. The Morgan fingerprint density at radius 2 is 2.00 bits per heavy atom. The van der Waals surface area contributed by atoms with Gasteiger partial charge >= 0.3 is 11.9 Å². The molecule has 0 radical (unpaired) electrons. The minimum Gasteiger partial charge on any atom is -0.481 e. The first-order valence-corrected chi connectivity index (χ1v) is 4.76. The zero-order valence-corrected chi connectivity index (χ0v) is 8.80. The van der Waals surface area contributed by atoms with E-state index in [1.54, 1.807) is 19.1 Å². The van der Waals surface area contributed by atoms with E-state index in [1.807, 2.05) is 0 Å². The topological polar surface area (TPSA) is 72.8 Å². The van der Waals surface area contributed by atoms with Gasteiger partial charge in [0.15, 0.2) is 6.61 Å². The van der Waals surface area contributed by atoms with Gasteiger partial charge in [0.1, 0.15) is 11.3 Å². The van der Waals surface area contributed by atoms with Gasteiger partial charge in [0.25, 0.3) is 0 Å². The number of esters is 1. The van der Waals surface area contributed by atoms with Crippen LogP contribution in [0.1, 0.15) is 17.3 Å². The maximum atomic E-state index is 11.5. The molecule has 5 nitrogen and oxygen atoms in total. The lowest BCUT2D eigenvalue weighted by Crippen LogP contribution is -2.13. The number of carboxylic acids is 1. The van der Waals surface area contributed by atoms with Crippen molar-refractivity contribution >= 4 is 11.9 Å². The summed E-state index contributed by atoms with van der Waals surface area (Å²) in [6.07, 6.45) is 0. The first-order chi connectivity index (χ1) is 7.65. The molecule has 0 aliphatic heterocycles. The Morgan fingerprint density at radius 3 is 2.62 bits per heavy atom. The zero-order valence-electron chi connectivity index (χ0n) is 8.80. The number of carbonyl (C=O) groups excluding carboxylic acids is 1. The second-order valence-electron chi connectivity index (χ2n) is 2.90. The minimum absolute atomic E-state index is 0.211. The summed E-state index contributed by atoms with van der Waals surface area (Å²) in [4.78, 5) is 21.8. The van der Waals surface area contributed by atoms with Crippen LogP contribution in [0.5, 0.6) is 5.75 Å². The van der Waals surface area contributed by atoms with Crippen LogP contribution in [0.25, 0.3) is 0 Å². The fourth-order valence-electron chi connectivity index (χ4n) is 1.11. The lowest BCUT2D eigenvalue weighted by atomic mass is 10.2. The van der Waals surface area contributed by atoms with E-state index in [0.717, 1.165) is 0 Å². The zero-order chi connectivity index (χ0) is 12.0. The standard InChI is InChI=1S/C11H12O5/c1-2-15-11(14)8-5-3-4-6-9(8)16-7-10(12)13/h3-6H,2,7H2,1H3,(H,12,13). The minimum atomic E-state index is -1.10. The molecular formula is C11H12O5. The van der Waals surface area contributed by atoms with Gasteiger partial charge in [-0.05, 0) is 19.1 Å². The Bertz CT molecular complexity index is 386. The molecule has 0 saturated heterocycles. The molecule has 0 aromatic heterocycles. The van der Waals surface area contributed by atoms with Gasteiger partial charge in [-0.15, -0.1) is 0 Å². The lowest BCUT2D eigenvalue weighted by molar-refractivity contribution is -0.139. The van der Waals surface area contributed by atoms with Gasteiger partial charge in [0, 0.05) is 0 Å².